The van der Waals surface area contributed by atoms with Crippen LogP contribution in [0.25, 0.3) is 244 Å². The normalized spacial score (nSPS) is 11.4. The van der Waals surface area contributed by atoms with Gasteiger partial charge in [-0.2, -0.15) is 0 Å². The summed E-state index contributed by atoms with van der Waals surface area (Å²) in [5, 5.41) is 14.3. The molecule has 0 fully saturated rings. The number of rotatable bonds is 13. The van der Waals surface area contributed by atoms with Gasteiger partial charge in [-0.05, 0) is 120 Å². The molecule has 0 aliphatic rings. The molecule has 25 rings (SSSR count). The fourth-order valence-corrected chi connectivity index (χ4v) is 17.8. The fourth-order valence-electron chi connectivity index (χ4n) is 16.8. The van der Waals surface area contributed by atoms with E-state index >= 15 is 0 Å². The molecule has 6 aromatic heterocycles. The van der Waals surface area contributed by atoms with E-state index in [4.69, 9.17) is 68.6 Å². The maximum absolute atomic E-state index is 6.46. The van der Waals surface area contributed by atoms with Gasteiger partial charge in [0.2, 0.25) is 11.8 Å². The molecule has 0 saturated carbocycles. The molecule has 0 atom stereocenters. The molecule has 14 nitrogen and oxygen atoms in total. The molecule has 15 heteroatoms. The lowest BCUT2D eigenvalue weighted by Crippen LogP contribution is -2.00. The first-order valence-electron chi connectivity index (χ1n) is 42.5. The van der Waals surface area contributed by atoms with Gasteiger partial charge >= 0.3 is 0 Å². The van der Waals surface area contributed by atoms with Crippen molar-refractivity contribution in [2.45, 2.75) is 0 Å². The number of hydrogen-bond acceptors (Lipinski definition) is 15. The third-order valence-corrected chi connectivity index (χ3v) is 24.3. The van der Waals surface area contributed by atoms with Crippen LogP contribution in [0.5, 0.6) is 0 Å². The van der Waals surface area contributed by atoms with Gasteiger partial charge in [0.15, 0.2) is 63.6 Å². The summed E-state index contributed by atoms with van der Waals surface area (Å²) < 4.78 is 13.8. The van der Waals surface area contributed by atoms with Gasteiger partial charge < -0.3 is 8.83 Å². The summed E-state index contributed by atoms with van der Waals surface area (Å²) >= 11 is 1.73. The maximum Gasteiger partial charge on any atom is 0.227 e. The monoisotopic (exact) mass is 1670 g/mol. The van der Waals surface area contributed by atoms with Crippen LogP contribution in [0.1, 0.15) is 0 Å². The molecule has 0 bridgehead atoms. The van der Waals surface area contributed by atoms with Gasteiger partial charge in [0.25, 0.3) is 0 Å². The van der Waals surface area contributed by atoms with Crippen LogP contribution in [0, 0.1) is 0 Å². The summed E-state index contributed by atoms with van der Waals surface area (Å²) in [7, 11) is 0. The van der Waals surface area contributed by atoms with Crippen LogP contribution in [0.4, 0.5) is 0 Å². The molecule has 0 radical (unpaired) electrons. The number of nitrogens with zero attached hydrogens (tertiary/aromatic N) is 12. The van der Waals surface area contributed by atoms with Crippen LogP contribution < -0.4 is 0 Å². The molecule has 604 valence electrons. The van der Waals surface area contributed by atoms with Gasteiger partial charge in [0.1, 0.15) is 16.0 Å². The Morgan fingerprint density at radius 3 is 0.930 bits per heavy atom. The predicted octanol–water partition coefficient (Wildman–Crippen LogP) is 29.1. The highest BCUT2D eigenvalue weighted by molar-refractivity contribution is 7.21. The SMILES string of the molecule is c1ccc(-c2ccc(-c3nc(-c4ccccc4)nc(-c4ccc5ccc6ccc7nc(-c8ccccc8)oc7c6c5c4)n3)cc2)cc1.c1ccc(-c2nc(-c3ccccc3)nc(-c3ccc4c(ccc5ccc6oc(-c7ccccc7)nc6c54)c3)n2)cc1.c1ccc(-c2nc(-c3ccccc3)nc(-c3ccc4c(ccc5ccc6sc(-c7ccccc7)nc6c54)c3)n2)cc1. The average molecular weight is 1670 g/mol. The number of hydrogen-bond donors (Lipinski definition) is 0. The quantitative estimate of drug-likeness (QED) is 0.0994. The van der Waals surface area contributed by atoms with E-state index in [0.29, 0.717) is 64.2 Å². The highest BCUT2D eigenvalue weighted by atomic mass is 32.1. The van der Waals surface area contributed by atoms with Gasteiger partial charge in [-0.3, -0.25) is 0 Å². The fraction of sp³-hybridized carbons (Fsp3) is 0. The third kappa shape index (κ3) is 15.1. The highest BCUT2D eigenvalue weighted by Crippen LogP contribution is 2.43. The topological polar surface area (TPSA) is 181 Å². The third-order valence-electron chi connectivity index (χ3n) is 23.2. The van der Waals surface area contributed by atoms with E-state index in [0.717, 1.165) is 154 Å². The van der Waals surface area contributed by atoms with E-state index < -0.39 is 0 Å². The van der Waals surface area contributed by atoms with Gasteiger partial charge in [0.05, 0.1) is 10.2 Å². The number of benzene rings is 19. The predicted molar refractivity (Wildman–Crippen MR) is 523 cm³/mol. The van der Waals surface area contributed by atoms with Gasteiger partial charge in [-0.15, -0.1) is 11.3 Å². The molecular weight excluding hydrogens is 1600 g/mol. The van der Waals surface area contributed by atoms with Crippen LogP contribution >= 0.6 is 11.3 Å². The average Bonchev–Trinajstić information content (AvgIpc) is 1.70. The summed E-state index contributed by atoms with van der Waals surface area (Å²) in [6, 6.07) is 144. The van der Waals surface area contributed by atoms with Crippen molar-refractivity contribution in [3.8, 4) is 147 Å². The second-order valence-corrected chi connectivity index (χ2v) is 32.4. The summed E-state index contributed by atoms with van der Waals surface area (Å²) in [4.78, 5) is 59.2. The van der Waals surface area contributed by atoms with E-state index in [9.17, 15) is 0 Å². The Morgan fingerprint density at radius 2 is 0.481 bits per heavy atom. The number of oxazole rings is 2. The lowest BCUT2D eigenvalue weighted by atomic mass is 9.99. The number of aromatic nitrogens is 12. The zero-order chi connectivity index (χ0) is 85.5. The molecule has 0 unspecified atom stereocenters. The Labute approximate surface area is 743 Å². The van der Waals surface area contributed by atoms with Crippen molar-refractivity contribution >= 4 is 108 Å². The summed E-state index contributed by atoms with van der Waals surface area (Å²) in [5.41, 5.74) is 18.0. The van der Waals surface area contributed by atoms with Crippen LogP contribution in [-0.2, 0) is 0 Å². The Kier molecular flexibility index (Phi) is 19.8. The van der Waals surface area contributed by atoms with Crippen LogP contribution in [-0.4, -0.2) is 59.8 Å². The van der Waals surface area contributed by atoms with Crippen molar-refractivity contribution < 1.29 is 8.83 Å². The van der Waals surface area contributed by atoms with Crippen molar-refractivity contribution in [3.63, 3.8) is 0 Å². The minimum absolute atomic E-state index is 0.606. The summed E-state index contributed by atoms with van der Waals surface area (Å²) in [5.74, 6) is 6.96. The Bertz CT molecular complexity index is 8080. The Hall–Kier alpha value is -17.4. The lowest BCUT2D eigenvalue weighted by molar-refractivity contribution is 0.620. The van der Waals surface area contributed by atoms with Crippen LogP contribution in [0.3, 0.4) is 0 Å². The second kappa shape index (κ2) is 33.3. The van der Waals surface area contributed by atoms with Crippen LogP contribution in [0.2, 0.25) is 0 Å². The van der Waals surface area contributed by atoms with E-state index in [1.807, 2.05) is 237 Å². The lowest BCUT2D eigenvalue weighted by Gasteiger charge is -2.10. The minimum Gasteiger partial charge on any atom is -0.436 e. The number of fused-ring (bicyclic) bond motifs is 15. The smallest absolute Gasteiger partial charge is 0.227 e. The summed E-state index contributed by atoms with van der Waals surface area (Å²) in [6.45, 7) is 0. The molecule has 0 N–H and O–H groups in total. The Balaban J connectivity index is 0.000000111. The first kappa shape index (κ1) is 76.5. The first-order chi connectivity index (χ1) is 63.9. The molecule has 0 aliphatic carbocycles. The van der Waals surface area contributed by atoms with E-state index in [1.165, 1.54) is 26.4 Å². The zero-order valence-electron chi connectivity index (χ0n) is 69.0. The largest absolute Gasteiger partial charge is 0.436 e. The molecule has 19 aromatic carbocycles. The summed E-state index contributed by atoms with van der Waals surface area (Å²) in [6.07, 6.45) is 0. The van der Waals surface area contributed by atoms with Gasteiger partial charge in [-0.25, -0.2) is 59.8 Å². The van der Waals surface area contributed by atoms with E-state index in [-0.39, 0.29) is 0 Å². The molecular formula is C114H70N12O2S. The molecule has 6 heterocycles. The van der Waals surface area contributed by atoms with E-state index in [1.54, 1.807) is 11.3 Å². The first-order valence-corrected chi connectivity index (χ1v) is 43.4. The van der Waals surface area contributed by atoms with Crippen molar-refractivity contribution in [1.29, 1.82) is 0 Å². The Morgan fingerprint density at radius 1 is 0.178 bits per heavy atom. The molecule has 25 aromatic rings. The molecule has 0 spiro atoms. The van der Waals surface area contributed by atoms with Crippen molar-refractivity contribution in [2.75, 3.05) is 0 Å². The molecule has 129 heavy (non-hydrogen) atoms. The standard InChI is InChI=1S/C42H26N4O.C36H22N4O.C36H22N4S/c1-4-10-27(11-5-1)28-16-21-32(22-17-28)40-44-39(31-12-6-2-7-13-31)45-41(46-40)34-23-19-29-18-20-30-24-25-36-38(37(30)35(29)26-34)47-42(43-36)33-14-8-3-9-15-33;2*1-4-10-24(11-5-1)33-38-34(25-12-6-2-7-13-25)40-35(39-33)28-18-20-29-27(22-28)17-16-23-19-21-30-32(31(23)29)37-36(41-30)26-14-8-3-9-15-26/h1-26H;2*1-22H. The minimum atomic E-state index is 0.606. The van der Waals surface area contributed by atoms with Crippen molar-refractivity contribution in [3.05, 3.63) is 425 Å². The van der Waals surface area contributed by atoms with Gasteiger partial charge in [-0.1, -0.05) is 364 Å². The van der Waals surface area contributed by atoms with E-state index in [2.05, 4.69) is 188 Å². The van der Waals surface area contributed by atoms with Gasteiger partial charge in [0, 0.05) is 82.9 Å². The van der Waals surface area contributed by atoms with Crippen molar-refractivity contribution in [2.24, 2.45) is 0 Å². The van der Waals surface area contributed by atoms with Crippen LogP contribution in [0.15, 0.2) is 433 Å². The number of thiazole rings is 1. The second-order valence-electron chi connectivity index (χ2n) is 31.4. The molecule has 0 saturated heterocycles. The maximum atomic E-state index is 6.46. The molecule has 0 aliphatic heterocycles. The molecule has 0 amide bonds. The highest BCUT2D eigenvalue weighted by Gasteiger charge is 2.22. The zero-order valence-corrected chi connectivity index (χ0v) is 69.8. The van der Waals surface area contributed by atoms with Crippen molar-refractivity contribution in [1.82, 2.24) is 59.8 Å².